The molecule has 0 atom stereocenters. The molecule has 30 heavy (non-hydrogen) atoms. The first-order valence-electron chi connectivity index (χ1n) is 10.8. The Kier molecular flexibility index (Phi) is 5.48. The van der Waals surface area contributed by atoms with E-state index in [-0.39, 0.29) is 5.91 Å². The highest BCUT2D eigenvalue weighted by atomic mass is 35.5. The zero-order valence-corrected chi connectivity index (χ0v) is 17.8. The van der Waals surface area contributed by atoms with Crippen LogP contribution in [-0.2, 0) is 6.42 Å². The number of piperidine rings is 1. The molecule has 0 radical (unpaired) electrons. The van der Waals surface area contributed by atoms with Crippen LogP contribution in [0.15, 0.2) is 46.9 Å². The number of hydrogen-bond donors (Lipinski definition) is 0. The van der Waals surface area contributed by atoms with Crippen molar-refractivity contribution >= 4 is 28.6 Å². The van der Waals surface area contributed by atoms with Crippen LogP contribution in [0.3, 0.4) is 0 Å². The maximum atomic E-state index is 13.0. The minimum Gasteiger partial charge on any atom is -0.440 e. The van der Waals surface area contributed by atoms with E-state index in [4.69, 9.17) is 16.0 Å². The first-order valence-corrected chi connectivity index (χ1v) is 11.2. The topological polar surface area (TPSA) is 49.6 Å². The van der Waals surface area contributed by atoms with Gasteiger partial charge in [0.1, 0.15) is 5.52 Å². The van der Waals surface area contributed by atoms with Crippen LogP contribution in [0.1, 0.15) is 47.5 Å². The van der Waals surface area contributed by atoms with Crippen molar-refractivity contribution < 1.29 is 9.21 Å². The fraction of sp³-hybridized carbons (Fsp3) is 0.417. The van der Waals surface area contributed by atoms with E-state index in [1.54, 1.807) is 0 Å². The number of oxazole rings is 1. The molecule has 6 heteroatoms. The molecule has 1 amide bonds. The third kappa shape index (κ3) is 4.09. The molecule has 5 nitrogen and oxygen atoms in total. The zero-order chi connectivity index (χ0) is 20.5. The van der Waals surface area contributed by atoms with Gasteiger partial charge in [-0.2, -0.15) is 0 Å². The van der Waals surface area contributed by atoms with Gasteiger partial charge in [0.2, 0.25) is 0 Å². The van der Waals surface area contributed by atoms with Gasteiger partial charge in [-0.25, -0.2) is 4.98 Å². The predicted octanol–water partition coefficient (Wildman–Crippen LogP) is 4.77. The molecule has 0 saturated carbocycles. The van der Waals surface area contributed by atoms with Gasteiger partial charge in [0, 0.05) is 36.1 Å². The average Bonchev–Trinajstić information content (AvgIpc) is 3.44. The highest BCUT2D eigenvalue weighted by Crippen LogP contribution is 2.24. The van der Waals surface area contributed by atoms with Gasteiger partial charge in [0.25, 0.3) is 5.91 Å². The van der Waals surface area contributed by atoms with E-state index in [1.165, 1.54) is 25.9 Å². The third-order valence-corrected chi connectivity index (χ3v) is 6.61. The molecule has 2 fully saturated rings. The molecule has 0 unspecified atom stereocenters. The first-order chi connectivity index (χ1) is 14.7. The van der Waals surface area contributed by atoms with Gasteiger partial charge in [-0.1, -0.05) is 23.7 Å². The normalized spacial score (nSPS) is 18.4. The van der Waals surface area contributed by atoms with E-state index in [0.717, 1.165) is 37.0 Å². The number of rotatable bonds is 4. The SMILES string of the molecule is O=C(c1ccc2oc(Cc3ccc(Cl)cc3)nc2c1)N1CCC(N2CCCC2)CC1. The van der Waals surface area contributed by atoms with Gasteiger partial charge in [-0.3, -0.25) is 4.79 Å². The molecular formula is C24H26ClN3O2. The van der Waals surface area contributed by atoms with E-state index in [0.29, 0.717) is 34.5 Å². The number of amides is 1. The summed E-state index contributed by atoms with van der Waals surface area (Å²) in [7, 11) is 0. The van der Waals surface area contributed by atoms with Crippen LogP contribution in [0.2, 0.25) is 5.02 Å². The summed E-state index contributed by atoms with van der Waals surface area (Å²) in [6, 6.07) is 13.9. The summed E-state index contributed by atoms with van der Waals surface area (Å²) in [4.78, 5) is 22.2. The Morgan fingerprint density at radius 3 is 2.50 bits per heavy atom. The highest BCUT2D eigenvalue weighted by molar-refractivity contribution is 6.30. The fourth-order valence-electron chi connectivity index (χ4n) is 4.68. The van der Waals surface area contributed by atoms with Gasteiger partial charge in [-0.05, 0) is 74.7 Å². The van der Waals surface area contributed by atoms with Crippen LogP contribution in [0.25, 0.3) is 11.1 Å². The lowest BCUT2D eigenvalue weighted by Crippen LogP contribution is -2.45. The first kappa shape index (κ1) is 19.6. The largest absolute Gasteiger partial charge is 0.440 e. The summed E-state index contributed by atoms with van der Waals surface area (Å²) in [5, 5.41) is 0.712. The summed E-state index contributed by atoms with van der Waals surface area (Å²) in [5.74, 6) is 0.738. The Hall–Kier alpha value is -2.37. The molecule has 0 bridgehead atoms. The molecular weight excluding hydrogens is 398 g/mol. The Labute approximate surface area is 181 Å². The number of carbonyl (C=O) groups is 1. The lowest BCUT2D eigenvalue weighted by Gasteiger charge is -2.36. The zero-order valence-electron chi connectivity index (χ0n) is 17.0. The van der Waals surface area contributed by atoms with E-state index >= 15 is 0 Å². The number of hydrogen-bond acceptors (Lipinski definition) is 4. The molecule has 0 N–H and O–H groups in total. The second-order valence-electron chi connectivity index (χ2n) is 8.36. The number of halogens is 1. The standard InChI is InChI=1S/C24H26ClN3O2/c25-19-6-3-17(4-7-19)15-23-26-21-16-18(5-8-22(21)30-23)24(29)28-13-9-20(10-14-28)27-11-1-2-12-27/h3-8,16,20H,1-2,9-15H2. The molecule has 2 aliphatic heterocycles. The minimum atomic E-state index is 0.0963. The van der Waals surface area contributed by atoms with Crippen molar-refractivity contribution in [3.63, 3.8) is 0 Å². The number of fused-ring (bicyclic) bond motifs is 1. The van der Waals surface area contributed by atoms with E-state index in [1.807, 2.05) is 47.4 Å². The average molecular weight is 424 g/mol. The lowest BCUT2D eigenvalue weighted by molar-refractivity contribution is 0.0644. The second kappa shape index (κ2) is 8.40. The van der Waals surface area contributed by atoms with Crippen LogP contribution < -0.4 is 0 Å². The summed E-state index contributed by atoms with van der Waals surface area (Å²) < 4.78 is 5.88. The number of benzene rings is 2. The van der Waals surface area contributed by atoms with E-state index in [2.05, 4.69) is 9.88 Å². The number of carbonyl (C=O) groups excluding carboxylic acids is 1. The van der Waals surface area contributed by atoms with Crippen molar-refractivity contribution in [2.45, 2.75) is 38.1 Å². The summed E-state index contributed by atoms with van der Waals surface area (Å²) in [5.41, 5.74) is 3.22. The molecule has 2 aliphatic rings. The highest BCUT2D eigenvalue weighted by Gasteiger charge is 2.28. The van der Waals surface area contributed by atoms with Crippen LogP contribution in [0.5, 0.6) is 0 Å². The van der Waals surface area contributed by atoms with Crippen molar-refractivity contribution in [1.29, 1.82) is 0 Å². The number of nitrogens with zero attached hydrogens (tertiary/aromatic N) is 3. The third-order valence-electron chi connectivity index (χ3n) is 6.36. The Morgan fingerprint density at radius 1 is 1.03 bits per heavy atom. The van der Waals surface area contributed by atoms with Crippen molar-refractivity contribution in [2.24, 2.45) is 0 Å². The fourth-order valence-corrected chi connectivity index (χ4v) is 4.81. The molecule has 0 aliphatic carbocycles. The van der Waals surface area contributed by atoms with E-state index in [9.17, 15) is 4.79 Å². The predicted molar refractivity (Wildman–Crippen MR) is 118 cm³/mol. The van der Waals surface area contributed by atoms with Crippen molar-refractivity contribution in [3.05, 3.63) is 64.5 Å². The van der Waals surface area contributed by atoms with Crippen molar-refractivity contribution in [2.75, 3.05) is 26.2 Å². The Bertz CT molecular complexity index is 1030. The molecule has 3 heterocycles. The van der Waals surface area contributed by atoms with E-state index < -0.39 is 0 Å². The van der Waals surface area contributed by atoms with Gasteiger partial charge in [-0.15, -0.1) is 0 Å². The summed E-state index contributed by atoms with van der Waals surface area (Å²) in [6.07, 6.45) is 5.37. The molecule has 156 valence electrons. The molecule has 2 aromatic carbocycles. The number of aromatic nitrogens is 1. The van der Waals surface area contributed by atoms with Gasteiger partial charge in [0.15, 0.2) is 11.5 Å². The Balaban J connectivity index is 1.26. The molecule has 5 rings (SSSR count). The smallest absolute Gasteiger partial charge is 0.253 e. The number of likely N-dealkylation sites (tertiary alicyclic amines) is 2. The summed E-state index contributed by atoms with van der Waals surface area (Å²) >= 11 is 5.95. The van der Waals surface area contributed by atoms with Crippen LogP contribution in [-0.4, -0.2) is 52.9 Å². The second-order valence-corrected chi connectivity index (χ2v) is 8.80. The van der Waals surface area contributed by atoms with Crippen molar-refractivity contribution in [3.8, 4) is 0 Å². The lowest BCUT2D eigenvalue weighted by atomic mass is 10.0. The van der Waals surface area contributed by atoms with Crippen molar-refractivity contribution in [1.82, 2.24) is 14.8 Å². The Morgan fingerprint density at radius 2 is 1.77 bits per heavy atom. The van der Waals surface area contributed by atoms with Gasteiger partial charge >= 0.3 is 0 Å². The van der Waals surface area contributed by atoms with Crippen LogP contribution in [0.4, 0.5) is 0 Å². The minimum absolute atomic E-state index is 0.0963. The van der Waals surface area contributed by atoms with Gasteiger partial charge in [0.05, 0.1) is 0 Å². The molecule has 1 aromatic heterocycles. The van der Waals surface area contributed by atoms with Gasteiger partial charge < -0.3 is 14.2 Å². The van der Waals surface area contributed by atoms with Crippen LogP contribution in [0, 0.1) is 0 Å². The van der Waals surface area contributed by atoms with Crippen LogP contribution >= 0.6 is 11.6 Å². The maximum absolute atomic E-state index is 13.0. The monoisotopic (exact) mass is 423 g/mol. The summed E-state index contributed by atoms with van der Waals surface area (Å²) in [6.45, 7) is 4.11. The maximum Gasteiger partial charge on any atom is 0.253 e. The molecule has 2 saturated heterocycles. The molecule has 3 aromatic rings. The quantitative estimate of drug-likeness (QED) is 0.606. The molecule has 0 spiro atoms.